The first-order chi connectivity index (χ1) is 31.6. The second kappa shape index (κ2) is 28.7. The third-order valence-electron chi connectivity index (χ3n) is 10.5. The van der Waals surface area contributed by atoms with E-state index in [0.717, 1.165) is 22.9 Å². The molecule has 21 heteroatoms. The van der Waals surface area contributed by atoms with Gasteiger partial charge in [-0.25, -0.2) is 0 Å². The minimum absolute atomic E-state index is 0.0345. The van der Waals surface area contributed by atoms with Gasteiger partial charge in [0.1, 0.15) is 6.04 Å². The molecule has 2 aromatic carbocycles. The van der Waals surface area contributed by atoms with E-state index in [1.165, 1.54) is 26.5 Å². The maximum Gasteiger partial charge on any atom is 0.245 e. The van der Waals surface area contributed by atoms with Crippen molar-refractivity contribution in [1.29, 1.82) is 0 Å². The van der Waals surface area contributed by atoms with Crippen molar-refractivity contribution < 1.29 is 38.4 Å². The fourth-order valence-corrected chi connectivity index (χ4v) is 6.92. The van der Waals surface area contributed by atoms with Gasteiger partial charge in [-0.3, -0.25) is 43.3 Å². The summed E-state index contributed by atoms with van der Waals surface area (Å²) in [4.78, 5) is 118. The largest absolute Gasteiger partial charge is 0.370 e. The second-order valence-electron chi connectivity index (χ2n) is 15.8. The van der Waals surface area contributed by atoms with Crippen LogP contribution in [0.15, 0.2) is 65.8 Å². The van der Waals surface area contributed by atoms with Gasteiger partial charge in [-0.15, -0.1) is 0 Å². The van der Waals surface area contributed by atoms with Crippen LogP contribution in [0.3, 0.4) is 0 Å². The quantitative estimate of drug-likeness (QED) is 0.0229. The molecule has 12 N–H and O–H groups in total. The Kier molecular flexibility index (Phi) is 23.2. The number of fused-ring (bicyclic) bond motifs is 1. The Labute approximate surface area is 385 Å². The summed E-state index contributed by atoms with van der Waals surface area (Å²) < 4.78 is 0. The molecule has 66 heavy (non-hydrogen) atoms. The fourth-order valence-electron chi connectivity index (χ4n) is 6.92. The van der Waals surface area contributed by atoms with E-state index >= 15 is 0 Å². The summed E-state index contributed by atoms with van der Waals surface area (Å²) in [6.07, 6.45) is 4.96. The summed E-state index contributed by atoms with van der Waals surface area (Å²) in [5.41, 5.74) is 24.5. The van der Waals surface area contributed by atoms with Crippen molar-refractivity contribution in [2.75, 3.05) is 72.0 Å². The topological polar surface area (TPSA) is 318 Å². The third-order valence-corrected chi connectivity index (χ3v) is 10.5. The lowest BCUT2D eigenvalue weighted by atomic mass is 10.1. The van der Waals surface area contributed by atoms with Crippen molar-refractivity contribution in [3.05, 3.63) is 71.9 Å². The molecule has 1 aromatic heterocycles. The van der Waals surface area contributed by atoms with Crippen LogP contribution in [-0.2, 0) is 51.3 Å². The zero-order valence-corrected chi connectivity index (χ0v) is 38.1. The number of hydrogen-bond donors (Lipinski definition) is 8. The normalized spacial score (nSPS) is 11.2. The predicted molar refractivity (Wildman–Crippen MR) is 250 cm³/mol. The number of aliphatic imine (C=N–C) groups is 1. The summed E-state index contributed by atoms with van der Waals surface area (Å²) >= 11 is 0. The molecular weight excluding hydrogens is 851 g/mol. The molecule has 360 valence electrons. The van der Waals surface area contributed by atoms with Crippen LogP contribution in [0.1, 0.15) is 63.5 Å². The predicted octanol–water partition coefficient (Wildman–Crippen LogP) is -0.960. The number of guanidine groups is 1. The first kappa shape index (κ1) is 53.3. The standard InChI is InChI=1S/C45H67N13O8/c1-3-4-21-55(32(2)59)28-39(61)53-26-42(64)56(22-11-10-19-46)31-43(65)58(27-33-13-6-5-7-14-33)30-41(63)54-37(17-12-20-50-45(48)49)44(66)57(29-40(62)52-25-38(47)60)23-18-34-24-51-36-16-9-8-15-35(34)36/h5-9,13-16,24,37,51H,3-4,10-12,17-23,25-31,46H2,1-2H3,(H2,47,60)(H,52,62)(H,53,61)(H,54,63)(H4,48,49,50)/t37-/m0/s1. The van der Waals surface area contributed by atoms with Gasteiger partial charge in [0.2, 0.25) is 47.3 Å². The SMILES string of the molecule is CCCCN(CC(=O)NCC(=O)N(CCCCN)CC(=O)N(CC(=O)N[C@@H](CCCN=C(N)N)C(=O)N(CCc1c[nH]c2ccccc12)CC(=O)NCC(N)=O)Cc1ccccc1)C(C)=O. The van der Waals surface area contributed by atoms with Crippen LogP contribution in [0.2, 0.25) is 0 Å². The van der Waals surface area contributed by atoms with Crippen molar-refractivity contribution in [3.63, 3.8) is 0 Å². The number of benzene rings is 2. The zero-order chi connectivity index (χ0) is 48.4. The van der Waals surface area contributed by atoms with E-state index < -0.39 is 80.1 Å². The van der Waals surface area contributed by atoms with Crippen LogP contribution in [0, 0.1) is 0 Å². The fraction of sp³-hybridized carbons (Fsp3) is 0.489. The molecule has 8 amide bonds. The summed E-state index contributed by atoms with van der Waals surface area (Å²) in [5.74, 6) is -4.86. The molecule has 0 radical (unpaired) electrons. The Bertz CT molecular complexity index is 2110. The van der Waals surface area contributed by atoms with Crippen molar-refractivity contribution >= 4 is 64.1 Å². The summed E-state index contributed by atoms with van der Waals surface area (Å²) in [7, 11) is 0. The van der Waals surface area contributed by atoms with E-state index in [1.54, 1.807) is 30.3 Å². The van der Waals surface area contributed by atoms with Gasteiger partial charge in [-0.1, -0.05) is 61.9 Å². The number of unbranched alkanes of at least 4 members (excludes halogenated alkanes) is 2. The van der Waals surface area contributed by atoms with Gasteiger partial charge in [-0.2, -0.15) is 0 Å². The van der Waals surface area contributed by atoms with Gasteiger partial charge in [0.15, 0.2) is 5.96 Å². The number of amides is 8. The van der Waals surface area contributed by atoms with E-state index in [4.69, 9.17) is 22.9 Å². The first-order valence-electron chi connectivity index (χ1n) is 22.2. The highest BCUT2D eigenvalue weighted by Crippen LogP contribution is 2.19. The Morgan fingerprint density at radius 1 is 0.697 bits per heavy atom. The number of carbonyl (C=O) groups excluding carboxylic acids is 8. The molecule has 0 aliphatic heterocycles. The zero-order valence-electron chi connectivity index (χ0n) is 38.1. The van der Waals surface area contributed by atoms with Crippen LogP contribution in [-0.4, -0.2) is 156 Å². The van der Waals surface area contributed by atoms with Crippen LogP contribution in [0.5, 0.6) is 0 Å². The Hall–Kier alpha value is -7.03. The number of primary amides is 1. The van der Waals surface area contributed by atoms with Gasteiger partial charge < -0.3 is 63.5 Å². The molecule has 0 unspecified atom stereocenters. The molecule has 0 saturated carbocycles. The molecule has 21 nitrogen and oxygen atoms in total. The number of nitrogens with zero attached hydrogens (tertiary/aromatic N) is 5. The van der Waals surface area contributed by atoms with Gasteiger partial charge in [-0.05, 0) is 62.3 Å². The summed E-state index contributed by atoms with van der Waals surface area (Å²) in [6, 6.07) is 15.3. The molecule has 1 atom stereocenters. The minimum Gasteiger partial charge on any atom is -0.370 e. The average Bonchev–Trinajstić information content (AvgIpc) is 3.70. The smallest absolute Gasteiger partial charge is 0.245 e. The Balaban J connectivity index is 1.87. The lowest BCUT2D eigenvalue weighted by Gasteiger charge is -2.30. The first-order valence-corrected chi connectivity index (χ1v) is 22.2. The molecule has 3 rings (SSSR count). The van der Waals surface area contributed by atoms with Crippen LogP contribution < -0.4 is 38.9 Å². The second-order valence-corrected chi connectivity index (χ2v) is 15.8. The molecule has 0 aliphatic carbocycles. The van der Waals surface area contributed by atoms with Crippen molar-refractivity contribution in [1.82, 2.24) is 40.5 Å². The molecule has 0 bridgehead atoms. The van der Waals surface area contributed by atoms with Crippen LogP contribution in [0.4, 0.5) is 0 Å². The molecule has 1 heterocycles. The number of hydrogen-bond acceptors (Lipinski definition) is 10. The third kappa shape index (κ3) is 19.4. The van der Waals surface area contributed by atoms with Crippen LogP contribution >= 0.6 is 0 Å². The molecule has 0 aliphatic rings. The number of aromatic nitrogens is 1. The number of aromatic amines is 1. The highest BCUT2D eigenvalue weighted by atomic mass is 16.2. The monoisotopic (exact) mass is 918 g/mol. The number of nitrogens with two attached hydrogens (primary N) is 4. The Morgan fingerprint density at radius 3 is 2.02 bits per heavy atom. The number of para-hydroxylation sites is 1. The number of rotatable bonds is 30. The van der Waals surface area contributed by atoms with Crippen molar-refractivity contribution in [3.8, 4) is 0 Å². The lowest BCUT2D eigenvalue weighted by molar-refractivity contribution is -0.143. The highest BCUT2D eigenvalue weighted by molar-refractivity contribution is 5.94. The number of carbonyl (C=O) groups is 8. The van der Waals surface area contributed by atoms with Gasteiger partial charge in [0, 0.05) is 56.7 Å². The minimum atomic E-state index is -1.22. The van der Waals surface area contributed by atoms with Gasteiger partial charge >= 0.3 is 0 Å². The van der Waals surface area contributed by atoms with Crippen molar-refractivity contribution in [2.45, 2.75) is 71.4 Å². The van der Waals surface area contributed by atoms with E-state index in [0.29, 0.717) is 44.3 Å². The molecular formula is C45H67N13O8. The van der Waals surface area contributed by atoms with E-state index in [9.17, 15) is 38.4 Å². The molecule has 0 saturated heterocycles. The lowest BCUT2D eigenvalue weighted by Crippen LogP contribution is -2.54. The van der Waals surface area contributed by atoms with Crippen LogP contribution in [0.25, 0.3) is 10.9 Å². The number of H-pyrrole nitrogens is 1. The van der Waals surface area contributed by atoms with Gasteiger partial charge in [0.05, 0.1) is 39.3 Å². The van der Waals surface area contributed by atoms with Crippen molar-refractivity contribution in [2.24, 2.45) is 27.9 Å². The Morgan fingerprint density at radius 2 is 1.35 bits per heavy atom. The summed E-state index contributed by atoms with van der Waals surface area (Å²) in [5, 5.41) is 8.67. The maximum atomic E-state index is 14.5. The maximum absolute atomic E-state index is 14.5. The number of nitrogens with one attached hydrogen (secondary N) is 4. The van der Waals surface area contributed by atoms with E-state index in [-0.39, 0.29) is 57.4 Å². The molecule has 3 aromatic rings. The molecule has 0 fully saturated rings. The summed E-state index contributed by atoms with van der Waals surface area (Å²) in [6.45, 7) is 1.79. The highest BCUT2D eigenvalue weighted by Gasteiger charge is 2.30. The van der Waals surface area contributed by atoms with E-state index in [1.807, 2.05) is 37.4 Å². The molecule has 0 spiro atoms. The average molecular weight is 918 g/mol. The van der Waals surface area contributed by atoms with Gasteiger partial charge in [0.25, 0.3) is 0 Å². The van der Waals surface area contributed by atoms with E-state index in [2.05, 4.69) is 25.9 Å².